The molecular formula is C26H41NO7. The molecule has 3 heterocycles. The first-order valence-electron chi connectivity index (χ1n) is 13.3. The van der Waals surface area contributed by atoms with Crippen molar-refractivity contribution in [3.05, 3.63) is 0 Å². The average molecular weight is 480 g/mol. The highest BCUT2D eigenvalue weighted by Gasteiger charge is 2.63. The molecule has 0 amide bonds. The fourth-order valence-corrected chi connectivity index (χ4v) is 6.32. The van der Waals surface area contributed by atoms with Gasteiger partial charge in [0.25, 0.3) is 0 Å². The van der Waals surface area contributed by atoms with Gasteiger partial charge in [0.2, 0.25) is 0 Å². The van der Waals surface area contributed by atoms with Gasteiger partial charge in [0.15, 0.2) is 23.4 Å². The number of ether oxygens (including phenoxy) is 6. The Morgan fingerprint density at radius 2 is 1.53 bits per heavy atom. The second-order valence-corrected chi connectivity index (χ2v) is 11.0. The summed E-state index contributed by atoms with van der Waals surface area (Å²) < 4.78 is 37.9. The van der Waals surface area contributed by atoms with Crippen LogP contribution in [0.25, 0.3) is 0 Å². The van der Waals surface area contributed by atoms with Crippen LogP contribution in [-0.4, -0.2) is 67.1 Å². The van der Waals surface area contributed by atoms with Crippen molar-refractivity contribution < 1.29 is 33.2 Å². The summed E-state index contributed by atoms with van der Waals surface area (Å²) in [5.74, 6) is -1.53. The number of methoxy groups -OCH3 is 1. The number of carbonyl (C=O) groups is 1. The maximum absolute atomic E-state index is 12.7. The van der Waals surface area contributed by atoms with E-state index in [1.165, 1.54) is 20.0 Å². The van der Waals surface area contributed by atoms with Crippen LogP contribution in [0.2, 0.25) is 0 Å². The van der Waals surface area contributed by atoms with E-state index >= 15 is 0 Å². The number of aliphatic imine (C=N–C) groups is 1. The second-order valence-electron chi connectivity index (χ2n) is 11.0. The highest BCUT2D eigenvalue weighted by Crippen LogP contribution is 2.50. The molecule has 2 saturated carbocycles. The number of carbonyl (C=O) groups excluding carboxylic acids is 1. The number of fused-ring (bicyclic) bond motifs is 3. The van der Waals surface area contributed by atoms with Crippen molar-refractivity contribution in [2.75, 3.05) is 7.11 Å². The zero-order valence-corrected chi connectivity index (χ0v) is 21.1. The van der Waals surface area contributed by atoms with Crippen LogP contribution in [0.15, 0.2) is 4.99 Å². The van der Waals surface area contributed by atoms with Crippen molar-refractivity contribution in [2.45, 2.75) is 139 Å². The molecule has 8 nitrogen and oxygen atoms in total. The Balaban J connectivity index is 1.43. The lowest BCUT2D eigenvalue weighted by molar-refractivity contribution is -0.240. The van der Waals surface area contributed by atoms with Gasteiger partial charge in [0, 0.05) is 31.9 Å². The molecule has 0 aromatic rings. The Kier molecular flexibility index (Phi) is 6.83. The van der Waals surface area contributed by atoms with E-state index in [4.69, 9.17) is 33.4 Å². The molecule has 5 fully saturated rings. The largest absolute Gasteiger partial charge is 0.467 e. The third kappa shape index (κ3) is 4.23. The van der Waals surface area contributed by atoms with Crippen LogP contribution in [0.5, 0.6) is 0 Å². The molecule has 8 heteroatoms. The van der Waals surface area contributed by atoms with Crippen molar-refractivity contribution in [3.8, 4) is 0 Å². The number of nitrogens with zero attached hydrogens (tertiary/aromatic N) is 1. The minimum atomic E-state index is -1.00. The van der Waals surface area contributed by atoms with Crippen LogP contribution in [0, 0.1) is 5.92 Å². The molecule has 3 saturated heterocycles. The second kappa shape index (κ2) is 9.43. The maximum atomic E-state index is 12.7. The van der Waals surface area contributed by atoms with Gasteiger partial charge in [-0.3, -0.25) is 4.99 Å². The van der Waals surface area contributed by atoms with Gasteiger partial charge in [-0.05, 0) is 38.5 Å². The van der Waals surface area contributed by atoms with Gasteiger partial charge in [0.05, 0.1) is 7.11 Å². The van der Waals surface area contributed by atoms with Gasteiger partial charge < -0.3 is 28.4 Å². The van der Waals surface area contributed by atoms with E-state index in [2.05, 4.69) is 0 Å². The highest BCUT2D eigenvalue weighted by atomic mass is 16.9. The van der Waals surface area contributed by atoms with Crippen molar-refractivity contribution in [1.29, 1.82) is 0 Å². The first kappa shape index (κ1) is 24.6. The monoisotopic (exact) mass is 479 g/mol. The summed E-state index contributed by atoms with van der Waals surface area (Å²) in [4.78, 5) is 17.5. The lowest BCUT2D eigenvalue weighted by atomic mass is 9.85. The first-order chi connectivity index (χ1) is 16.3. The fourth-order valence-electron chi connectivity index (χ4n) is 6.32. The summed E-state index contributed by atoms with van der Waals surface area (Å²) in [6.45, 7) is 5.89. The van der Waals surface area contributed by atoms with E-state index in [9.17, 15) is 4.79 Å². The number of hydrogen-bond acceptors (Lipinski definition) is 8. The van der Waals surface area contributed by atoms with Gasteiger partial charge >= 0.3 is 5.97 Å². The van der Waals surface area contributed by atoms with Crippen molar-refractivity contribution in [1.82, 2.24) is 0 Å². The number of rotatable bonds is 5. The highest BCUT2D eigenvalue weighted by molar-refractivity contribution is 5.83. The van der Waals surface area contributed by atoms with E-state index in [1.54, 1.807) is 6.21 Å². The Morgan fingerprint density at radius 3 is 2.12 bits per heavy atom. The van der Waals surface area contributed by atoms with Gasteiger partial charge in [-0.25, -0.2) is 4.79 Å². The zero-order chi connectivity index (χ0) is 24.0. The predicted octanol–water partition coefficient (Wildman–Crippen LogP) is 4.28. The summed E-state index contributed by atoms with van der Waals surface area (Å²) in [7, 11) is 1.41. The van der Waals surface area contributed by atoms with E-state index in [0.29, 0.717) is 0 Å². The Morgan fingerprint density at radius 1 is 0.971 bits per heavy atom. The van der Waals surface area contributed by atoms with Crippen molar-refractivity contribution in [2.24, 2.45) is 10.9 Å². The minimum Gasteiger partial charge on any atom is -0.467 e. The Labute approximate surface area is 203 Å². The van der Waals surface area contributed by atoms with E-state index < -0.39 is 29.5 Å². The van der Waals surface area contributed by atoms with Gasteiger partial charge in [0.1, 0.15) is 24.4 Å². The first-order valence-corrected chi connectivity index (χ1v) is 13.3. The molecule has 3 aliphatic heterocycles. The average Bonchev–Trinajstić information content (AvgIpc) is 3.40. The van der Waals surface area contributed by atoms with E-state index in [1.807, 2.05) is 20.8 Å². The third-order valence-electron chi connectivity index (χ3n) is 8.81. The molecule has 192 valence electrons. The maximum Gasteiger partial charge on any atom is 0.333 e. The summed E-state index contributed by atoms with van der Waals surface area (Å²) in [5, 5.41) is 0. The van der Waals surface area contributed by atoms with Crippen LogP contribution in [0.1, 0.15) is 91.4 Å². The summed E-state index contributed by atoms with van der Waals surface area (Å²) >= 11 is 0. The number of hydrogen-bond donors (Lipinski definition) is 0. The molecule has 0 radical (unpaired) electrons. The summed E-state index contributed by atoms with van der Waals surface area (Å²) in [6, 6.07) is 0. The lowest BCUT2D eigenvalue weighted by Gasteiger charge is -2.36. The van der Waals surface area contributed by atoms with Crippen molar-refractivity contribution >= 4 is 12.2 Å². The molecule has 34 heavy (non-hydrogen) atoms. The van der Waals surface area contributed by atoms with E-state index in [-0.39, 0.29) is 30.2 Å². The van der Waals surface area contributed by atoms with Crippen molar-refractivity contribution in [3.63, 3.8) is 0 Å². The molecule has 2 spiro atoms. The topological polar surface area (TPSA) is 84.8 Å². The lowest BCUT2D eigenvalue weighted by Crippen LogP contribution is -2.55. The summed E-state index contributed by atoms with van der Waals surface area (Å²) in [5.41, 5.74) is -1.00. The molecule has 2 aliphatic carbocycles. The molecule has 0 aromatic heterocycles. The van der Waals surface area contributed by atoms with Crippen LogP contribution in [0.4, 0.5) is 0 Å². The van der Waals surface area contributed by atoms with Crippen LogP contribution < -0.4 is 0 Å². The smallest absolute Gasteiger partial charge is 0.333 e. The third-order valence-corrected chi connectivity index (χ3v) is 8.81. The zero-order valence-electron chi connectivity index (χ0n) is 21.1. The van der Waals surface area contributed by atoms with E-state index in [0.717, 1.165) is 57.8 Å². The normalized spacial score (nSPS) is 39.0. The molecular weight excluding hydrogens is 438 g/mol. The van der Waals surface area contributed by atoms with Gasteiger partial charge in [-0.15, -0.1) is 0 Å². The molecule has 5 aliphatic rings. The minimum absolute atomic E-state index is 0.00495. The van der Waals surface area contributed by atoms with Gasteiger partial charge in [-0.1, -0.05) is 33.1 Å². The predicted molar refractivity (Wildman–Crippen MR) is 124 cm³/mol. The van der Waals surface area contributed by atoms with Gasteiger partial charge in [-0.2, -0.15) is 0 Å². The molecule has 0 bridgehead atoms. The molecule has 0 N–H and O–H groups in total. The van der Waals surface area contributed by atoms with Crippen LogP contribution in [-0.2, 0) is 33.2 Å². The Bertz CT molecular complexity index is 775. The Hall–Kier alpha value is -1.06. The molecule has 0 aromatic carbocycles. The van der Waals surface area contributed by atoms with Crippen LogP contribution in [0.3, 0.4) is 0 Å². The molecule has 7 atom stereocenters. The summed E-state index contributed by atoms with van der Waals surface area (Å²) in [6.07, 6.45) is 10.8. The number of esters is 1. The standard InChI is InChI=1S/C26H41NO7/c1-5-17(2)24(3,23(28)29-4)27-16-18-19-20(32-25(31-19)12-8-6-9-13-25)21-22(30-18)34-26(33-21)14-10-7-11-15-26/h16-22H,5-15H2,1-4H3/t17-,18+,19-,20-,21+,22+,24-/m0/s1. The molecule has 0 unspecified atom stereocenters. The quantitative estimate of drug-likeness (QED) is 0.430. The molecule has 5 rings (SSSR count). The SMILES string of the molecule is CC[C@H](C)[C@](C)(N=C[C@H]1O[C@@H]2OC3(CCCCC3)O[C@@H]2[C@H]2OC3(CCCCC3)O[C@H]21)C(=O)OC. The van der Waals surface area contributed by atoms with Crippen LogP contribution >= 0.6 is 0 Å². The fraction of sp³-hybridized carbons (Fsp3) is 0.923.